The number of hydrogen-bond acceptors (Lipinski definition) is 3. The molecule has 4 heteroatoms. The van der Waals surface area contributed by atoms with Gasteiger partial charge in [0.05, 0.1) is 5.92 Å². The molecule has 1 rings (SSSR count). The lowest BCUT2D eigenvalue weighted by molar-refractivity contribution is 0.316. The van der Waals surface area contributed by atoms with E-state index in [1.165, 1.54) is 6.42 Å². The number of thioether (sulfide) groups is 1. The van der Waals surface area contributed by atoms with E-state index in [0.29, 0.717) is 5.92 Å². The van der Waals surface area contributed by atoms with Gasteiger partial charge in [0.15, 0.2) is 0 Å². The van der Waals surface area contributed by atoms with Gasteiger partial charge in [-0.1, -0.05) is 55.8 Å². The van der Waals surface area contributed by atoms with Crippen molar-refractivity contribution in [1.82, 2.24) is 0 Å². The summed E-state index contributed by atoms with van der Waals surface area (Å²) < 4.78 is 0. The van der Waals surface area contributed by atoms with Gasteiger partial charge < -0.3 is 10.9 Å². The monoisotopic (exact) mass is 266 g/mol. The third-order valence-corrected chi connectivity index (χ3v) is 4.43. The predicted molar refractivity (Wildman–Crippen MR) is 79.4 cm³/mol. The number of rotatable bonds is 7. The molecule has 3 nitrogen and oxygen atoms in total. The fourth-order valence-electron chi connectivity index (χ4n) is 1.61. The molecular formula is C14H22N2OS. The minimum Gasteiger partial charge on any atom is -0.409 e. The second-order valence-electron chi connectivity index (χ2n) is 4.54. The smallest absolute Gasteiger partial charge is 0.147 e. The van der Waals surface area contributed by atoms with Crippen LogP contribution in [0.3, 0.4) is 0 Å². The Bertz CT molecular complexity index is 367. The Kier molecular flexibility index (Phi) is 6.65. The molecule has 0 heterocycles. The van der Waals surface area contributed by atoms with Gasteiger partial charge in [0.1, 0.15) is 5.84 Å². The number of oxime groups is 1. The highest BCUT2D eigenvalue weighted by Gasteiger charge is 2.16. The molecule has 2 unspecified atom stereocenters. The first-order valence-corrected chi connectivity index (χ1v) is 7.44. The zero-order valence-electron chi connectivity index (χ0n) is 11.0. The molecule has 0 radical (unpaired) electrons. The molecule has 0 saturated carbocycles. The normalized spacial score (nSPS) is 15.3. The summed E-state index contributed by atoms with van der Waals surface area (Å²) in [5, 5.41) is 12.0. The maximum absolute atomic E-state index is 8.87. The molecule has 0 aliphatic rings. The second-order valence-corrected chi connectivity index (χ2v) is 5.61. The quantitative estimate of drug-likeness (QED) is 0.344. The van der Waals surface area contributed by atoms with Gasteiger partial charge in [0.2, 0.25) is 0 Å². The van der Waals surface area contributed by atoms with Crippen molar-refractivity contribution >= 4 is 17.6 Å². The zero-order valence-corrected chi connectivity index (χ0v) is 11.9. The largest absolute Gasteiger partial charge is 0.409 e. The fraction of sp³-hybridized carbons (Fsp3) is 0.500. The van der Waals surface area contributed by atoms with Gasteiger partial charge in [-0.25, -0.2) is 0 Å². The molecule has 0 amide bonds. The molecule has 0 aromatic heterocycles. The van der Waals surface area contributed by atoms with Crippen LogP contribution in [0.25, 0.3) is 0 Å². The van der Waals surface area contributed by atoms with Gasteiger partial charge in [-0.15, -0.1) is 0 Å². The Hall–Kier alpha value is -1.16. The number of amidine groups is 1. The third kappa shape index (κ3) is 4.61. The van der Waals surface area contributed by atoms with Crippen LogP contribution in [0, 0.1) is 5.92 Å². The molecule has 0 fully saturated rings. The summed E-state index contributed by atoms with van der Waals surface area (Å²) in [7, 11) is 0. The highest BCUT2D eigenvalue weighted by molar-refractivity contribution is 7.99. The molecule has 0 spiro atoms. The van der Waals surface area contributed by atoms with Crippen molar-refractivity contribution < 1.29 is 5.21 Å². The van der Waals surface area contributed by atoms with Gasteiger partial charge in [-0.3, -0.25) is 0 Å². The summed E-state index contributed by atoms with van der Waals surface area (Å²) >= 11 is 1.86. The molecule has 0 saturated heterocycles. The van der Waals surface area contributed by atoms with Crippen molar-refractivity contribution in [2.75, 3.05) is 11.5 Å². The second kappa shape index (κ2) is 8.03. The van der Waals surface area contributed by atoms with Crippen molar-refractivity contribution in [2.45, 2.75) is 26.2 Å². The number of benzene rings is 1. The molecule has 0 bridgehead atoms. The van der Waals surface area contributed by atoms with Crippen molar-refractivity contribution in [1.29, 1.82) is 0 Å². The lowest BCUT2D eigenvalue weighted by Crippen LogP contribution is -2.24. The lowest BCUT2D eigenvalue weighted by Gasteiger charge is -2.16. The van der Waals surface area contributed by atoms with Crippen LogP contribution in [-0.4, -0.2) is 22.5 Å². The van der Waals surface area contributed by atoms with Crippen LogP contribution in [0.5, 0.6) is 0 Å². The maximum atomic E-state index is 8.87. The summed E-state index contributed by atoms with van der Waals surface area (Å²) in [6, 6.07) is 9.97. The Balaban J connectivity index is 2.63. The molecule has 100 valence electrons. The van der Waals surface area contributed by atoms with Crippen molar-refractivity contribution in [3.8, 4) is 0 Å². The highest BCUT2D eigenvalue weighted by Crippen LogP contribution is 2.23. The van der Waals surface area contributed by atoms with Gasteiger partial charge >= 0.3 is 0 Å². The van der Waals surface area contributed by atoms with Crippen LogP contribution in [0.2, 0.25) is 0 Å². The number of hydrogen-bond donors (Lipinski definition) is 2. The average molecular weight is 266 g/mol. The van der Waals surface area contributed by atoms with Crippen molar-refractivity contribution in [3.63, 3.8) is 0 Å². The summed E-state index contributed by atoms with van der Waals surface area (Å²) in [4.78, 5) is 0. The highest BCUT2D eigenvalue weighted by atomic mass is 32.2. The van der Waals surface area contributed by atoms with E-state index in [1.54, 1.807) is 0 Å². The minimum absolute atomic E-state index is 0.00902. The van der Waals surface area contributed by atoms with E-state index in [2.05, 4.69) is 19.0 Å². The third-order valence-electron chi connectivity index (χ3n) is 3.06. The fourth-order valence-corrected chi connectivity index (χ4v) is 2.99. The van der Waals surface area contributed by atoms with Gasteiger partial charge in [0.25, 0.3) is 0 Å². The predicted octanol–water partition coefficient (Wildman–Crippen LogP) is 3.30. The van der Waals surface area contributed by atoms with Crippen LogP contribution in [0.4, 0.5) is 0 Å². The van der Waals surface area contributed by atoms with E-state index >= 15 is 0 Å². The SMILES string of the molecule is CCC(C)CSCC(/C(N)=N/O)c1ccccc1. The van der Waals surface area contributed by atoms with Gasteiger partial charge in [-0.05, 0) is 17.2 Å². The Labute approximate surface area is 113 Å². The van der Waals surface area contributed by atoms with Gasteiger partial charge in [0, 0.05) is 5.75 Å². The molecule has 1 aromatic rings. The molecule has 0 aliphatic carbocycles. The first kappa shape index (κ1) is 14.9. The van der Waals surface area contributed by atoms with E-state index in [-0.39, 0.29) is 11.8 Å². The number of nitrogens with two attached hydrogens (primary N) is 1. The molecule has 3 N–H and O–H groups in total. The summed E-state index contributed by atoms with van der Waals surface area (Å²) in [5.41, 5.74) is 6.89. The molecule has 18 heavy (non-hydrogen) atoms. The number of nitrogens with zero attached hydrogens (tertiary/aromatic N) is 1. The molecule has 0 aliphatic heterocycles. The molecule has 1 aromatic carbocycles. The first-order chi connectivity index (χ1) is 8.69. The Morgan fingerprint density at radius 3 is 2.56 bits per heavy atom. The van der Waals surface area contributed by atoms with E-state index < -0.39 is 0 Å². The van der Waals surface area contributed by atoms with Crippen molar-refractivity contribution in [2.24, 2.45) is 16.8 Å². The van der Waals surface area contributed by atoms with E-state index in [1.807, 2.05) is 42.1 Å². The van der Waals surface area contributed by atoms with Crippen LogP contribution >= 0.6 is 11.8 Å². The summed E-state index contributed by atoms with van der Waals surface area (Å²) in [6.07, 6.45) is 1.19. The average Bonchev–Trinajstić information content (AvgIpc) is 2.43. The van der Waals surface area contributed by atoms with Gasteiger partial charge in [-0.2, -0.15) is 11.8 Å². The molecular weight excluding hydrogens is 244 g/mol. The Morgan fingerprint density at radius 2 is 2.00 bits per heavy atom. The lowest BCUT2D eigenvalue weighted by atomic mass is 10.0. The van der Waals surface area contributed by atoms with Crippen LogP contribution in [0.15, 0.2) is 35.5 Å². The van der Waals surface area contributed by atoms with E-state index in [0.717, 1.165) is 17.1 Å². The molecule has 2 atom stereocenters. The van der Waals surface area contributed by atoms with Crippen LogP contribution in [0.1, 0.15) is 31.7 Å². The minimum atomic E-state index is -0.00902. The summed E-state index contributed by atoms with van der Waals surface area (Å²) in [6.45, 7) is 4.44. The maximum Gasteiger partial charge on any atom is 0.147 e. The zero-order chi connectivity index (χ0) is 13.4. The van der Waals surface area contributed by atoms with Crippen molar-refractivity contribution in [3.05, 3.63) is 35.9 Å². The summed E-state index contributed by atoms with van der Waals surface area (Å²) in [5.74, 6) is 2.95. The topological polar surface area (TPSA) is 58.6 Å². The van der Waals surface area contributed by atoms with Crippen LogP contribution in [-0.2, 0) is 0 Å². The first-order valence-electron chi connectivity index (χ1n) is 6.29. The van der Waals surface area contributed by atoms with E-state index in [9.17, 15) is 0 Å². The standard InChI is InChI=1S/C14H22N2OS/c1-3-11(2)9-18-10-13(14(15)16-17)12-7-5-4-6-8-12/h4-8,11,13,17H,3,9-10H2,1-2H3,(H2,15,16). The van der Waals surface area contributed by atoms with Crippen LogP contribution < -0.4 is 5.73 Å². The van der Waals surface area contributed by atoms with E-state index in [4.69, 9.17) is 10.9 Å². The Morgan fingerprint density at radius 1 is 1.33 bits per heavy atom.